The van der Waals surface area contributed by atoms with Gasteiger partial charge in [0.15, 0.2) is 5.13 Å². The number of fused-ring (bicyclic) bond motifs is 1. The third-order valence-electron chi connectivity index (χ3n) is 4.39. The van der Waals surface area contributed by atoms with Crippen molar-refractivity contribution in [1.29, 1.82) is 0 Å². The Balaban J connectivity index is 1.37. The second kappa shape index (κ2) is 9.56. The van der Waals surface area contributed by atoms with Crippen molar-refractivity contribution in [1.82, 2.24) is 4.98 Å². The molecule has 0 spiro atoms. The summed E-state index contributed by atoms with van der Waals surface area (Å²) in [6, 6.07) is 19.7. The zero-order valence-corrected chi connectivity index (χ0v) is 17.1. The molecule has 0 atom stereocenters. The SMILES string of the molecule is NCCCOc1ccc(CNc2nc3ccc(Oc4ccc(F)cc4)cc3s2)cc1. The lowest BCUT2D eigenvalue weighted by Gasteiger charge is -2.07. The minimum atomic E-state index is -0.287. The maximum atomic E-state index is 13.0. The maximum Gasteiger partial charge on any atom is 0.184 e. The van der Waals surface area contributed by atoms with Crippen LogP contribution in [-0.4, -0.2) is 18.1 Å². The van der Waals surface area contributed by atoms with Gasteiger partial charge in [0.1, 0.15) is 23.1 Å². The third kappa shape index (κ3) is 5.25. The van der Waals surface area contributed by atoms with Crippen LogP contribution >= 0.6 is 11.3 Å². The lowest BCUT2D eigenvalue weighted by molar-refractivity contribution is 0.313. The van der Waals surface area contributed by atoms with Gasteiger partial charge in [-0.05, 0) is 67.1 Å². The lowest BCUT2D eigenvalue weighted by Crippen LogP contribution is -2.06. The van der Waals surface area contributed by atoms with Gasteiger partial charge in [0, 0.05) is 12.6 Å². The number of aromatic nitrogens is 1. The fraction of sp³-hybridized carbons (Fsp3) is 0.174. The van der Waals surface area contributed by atoms with Crippen molar-refractivity contribution >= 4 is 26.7 Å². The van der Waals surface area contributed by atoms with Crippen molar-refractivity contribution in [2.45, 2.75) is 13.0 Å². The van der Waals surface area contributed by atoms with E-state index in [0.29, 0.717) is 31.2 Å². The van der Waals surface area contributed by atoms with Crippen molar-refractivity contribution in [3.05, 3.63) is 78.1 Å². The monoisotopic (exact) mass is 423 g/mol. The quantitative estimate of drug-likeness (QED) is 0.345. The average molecular weight is 424 g/mol. The predicted octanol–water partition coefficient (Wildman–Crippen LogP) is 5.57. The molecule has 0 radical (unpaired) electrons. The van der Waals surface area contributed by atoms with Crippen molar-refractivity contribution in [2.24, 2.45) is 5.73 Å². The first kappa shape index (κ1) is 20.1. The Morgan fingerprint density at radius 1 is 0.933 bits per heavy atom. The summed E-state index contributed by atoms with van der Waals surface area (Å²) in [6.45, 7) is 1.93. The van der Waals surface area contributed by atoms with Gasteiger partial charge in [0.25, 0.3) is 0 Å². The second-order valence-electron chi connectivity index (χ2n) is 6.69. The molecule has 1 heterocycles. The van der Waals surface area contributed by atoms with Gasteiger partial charge in [-0.3, -0.25) is 0 Å². The summed E-state index contributed by atoms with van der Waals surface area (Å²) in [4.78, 5) is 4.62. The van der Waals surface area contributed by atoms with E-state index in [4.69, 9.17) is 15.2 Å². The van der Waals surface area contributed by atoms with Gasteiger partial charge >= 0.3 is 0 Å². The van der Waals surface area contributed by atoms with Crippen LogP contribution < -0.4 is 20.5 Å². The number of anilines is 1. The van der Waals surface area contributed by atoms with Gasteiger partial charge in [-0.1, -0.05) is 23.5 Å². The molecule has 3 N–H and O–H groups in total. The molecular formula is C23H22FN3O2S. The molecule has 0 aliphatic carbocycles. The van der Waals surface area contributed by atoms with Crippen LogP contribution in [0.25, 0.3) is 10.2 Å². The van der Waals surface area contributed by atoms with Crippen molar-refractivity contribution in [3.8, 4) is 17.2 Å². The first-order valence-corrected chi connectivity index (χ1v) is 10.5. The molecule has 5 nitrogen and oxygen atoms in total. The molecule has 0 aliphatic rings. The van der Waals surface area contributed by atoms with Crippen LogP contribution in [0.5, 0.6) is 17.2 Å². The molecule has 0 amide bonds. The van der Waals surface area contributed by atoms with Crippen LogP contribution in [0.3, 0.4) is 0 Å². The summed E-state index contributed by atoms with van der Waals surface area (Å²) in [5.41, 5.74) is 7.51. The summed E-state index contributed by atoms with van der Waals surface area (Å²) in [5, 5.41) is 4.21. The van der Waals surface area contributed by atoms with Gasteiger partial charge in [0.2, 0.25) is 0 Å². The molecule has 7 heteroatoms. The van der Waals surface area contributed by atoms with E-state index in [-0.39, 0.29) is 5.82 Å². The topological polar surface area (TPSA) is 69.4 Å². The van der Waals surface area contributed by atoms with Gasteiger partial charge in [-0.15, -0.1) is 0 Å². The number of hydrogen-bond donors (Lipinski definition) is 2. The fourth-order valence-electron chi connectivity index (χ4n) is 2.84. The Morgan fingerprint density at radius 2 is 1.67 bits per heavy atom. The number of nitrogens with zero attached hydrogens (tertiary/aromatic N) is 1. The molecule has 0 fully saturated rings. The summed E-state index contributed by atoms with van der Waals surface area (Å²) in [7, 11) is 0. The molecule has 4 rings (SSSR count). The number of halogens is 1. The van der Waals surface area contributed by atoms with Crippen LogP contribution in [0.1, 0.15) is 12.0 Å². The molecular weight excluding hydrogens is 401 g/mol. The first-order chi connectivity index (χ1) is 14.7. The predicted molar refractivity (Wildman–Crippen MR) is 119 cm³/mol. The van der Waals surface area contributed by atoms with E-state index < -0.39 is 0 Å². The molecule has 3 aromatic carbocycles. The van der Waals surface area contributed by atoms with Crippen LogP contribution in [0.4, 0.5) is 9.52 Å². The first-order valence-electron chi connectivity index (χ1n) is 9.69. The van der Waals surface area contributed by atoms with E-state index in [9.17, 15) is 4.39 Å². The maximum absolute atomic E-state index is 13.0. The highest BCUT2D eigenvalue weighted by Crippen LogP contribution is 2.31. The average Bonchev–Trinajstić information content (AvgIpc) is 3.17. The second-order valence-corrected chi connectivity index (χ2v) is 7.72. The summed E-state index contributed by atoms with van der Waals surface area (Å²) in [5.74, 6) is 1.84. The minimum Gasteiger partial charge on any atom is -0.494 e. The van der Waals surface area contributed by atoms with E-state index in [1.807, 2.05) is 42.5 Å². The highest BCUT2D eigenvalue weighted by Gasteiger charge is 2.07. The number of rotatable bonds is 9. The van der Waals surface area contributed by atoms with Crippen molar-refractivity contribution in [3.63, 3.8) is 0 Å². The molecule has 0 saturated carbocycles. The van der Waals surface area contributed by atoms with Crippen LogP contribution in [0.15, 0.2) is 66.7 Å². The largest absolute Gasteiger partial charge is 0.494 e. The summed E-state index contributed by atoms with van der Waals surface area (Å²) >= 11 is 1.56. The highest BCUT2D eigenvalue weighted by molar-refractivity contribution is 7.22. The van der Waals surface area contributed by atoms with E-state index >= 15 is 0 Å². The van der Waals surface area contributed by atoms with Crippen molar-refractivity contribution < 1.29 is 13.9 Å². The number of thiazole rings is 1. The van der Waals surface area contributed by atoms with Crippen LogP contribution in [-0.2, 0) is 6.54 Å². The lowest BCUT2D eigenvalue weighted by atomic mass is 10.2. The Kier molecular flexibility index (Phi) is 6.41. The number of ether oxygens (including phenoxy) is 2. The molecule has 0 bridgehead atoms. The minimum absolute atomic E-state index is 0.287. The normalized spacial score (nSPS) is 10.9. The zero-order chi connectivity index (χ0) is 20.8. The van der Waals surface area contributed by atoms with Gasteiger partial charge < -0.3 is 20.5 Å². The Morgan fingerprint density at radius 3 is 2.43 bits per heavy atom. The standard InChI is InChI=1S/C23H22FN3O2S/c24-17-4-8-19(9-5-17)29-20-10-11-21-22(14-20)30-23(27-21)26-15-16-2-6-18(7-3-16)28-13-1-12-25/h2-11,14H,1,12-13,15,25H2,(H,26,27). The van der Waals surface area contributed by atoms with E-state index in [1.54, 1.807) is 23.5 Å². The number of hydrogen-bond acceptors (Lipinski definition) is 6. The summed E-state index contributed by atoms with van der Waals surface area (Å²) < 4.78 is 25.5. The molecule has 0 aliphatic heterocycles. The number of nitrogens with two attached hydrogens (primary N) is 1. The number of nitrogens with one attached hydrogen (secondary N) is 1. The van der Waals surface area contributed by atoms with Gasteiger partial charge in [-0.2, -0.15) is 0 Å². The Bertz CT molecular complexity index is 1100. The van der Waals surface area contributed by atoms with Crippen molar-refractivity contribution in [2.75, 3.05) is 18.5 Å². The Hall–Kier alpha value is -3.16. The van der Waals surface area contributed by atoms with Gasteiger partial charge in [0.05, 0.1) is 16.8 Å². The van der Waals surface area contributed by atoms with Gasteiger partial charge in [-0.25, -0.2) is 9.37 Å². The smallest absolute Gasteiger partial charge is 0.184 e. The zero-order valence-electron chi connectivity index (χ0n) is 16.3. The molecule has 154 valence electrons. The molecule has 1 aromatic heterocycles. The third-order valence-corrected chi connectivity index (χ3v) is 5.37. The van der Waals surface area contributed by atoms with E-state index in [1.165, 1.54) is 12.1 Å². The van der Waals surface area contributed by atoms with E-state index in [2.05, 4.69) is 10.3 Å². The summed E-state index contributed by atoms with van der Waals surface area (Å²) in [6.07, 6.45) is 0.845. The van der Waals surface area contributed by atoms with Crippen LogP contribution in [0, 0.1) is 5.82 Å². The van der Waals surface area contributed by atoms with Crippen LogP contribution in [0.2, 0.25) is 0 Å². The highest BCUT2D eigenvalue weighted by atomic mass is 32.1. The molecule has 0 unspecified atom stereocenters. The molecule has 30 heavy (non-hydrogen) atoms. The fourth-order valence-corrected chi connectivity index (χ4v) is 3.73. The molecule has 0 saturated heterocycles. The Labute approximate surface area is 178 Å². The number of benzene rings is 3. The van der Waals surface area contributed by atoms with E-state index in [0.717, 1.165) is 33.1 Å². The molecule has 4 aromatic rings.